The summed E-state index contributed by atoms with van der Waals surface area (Å²) in [7, 11) is 0. The summed E-state index contributed by atoms with van der Waals surface area (Å²) in [6, 6.07) is 10.5. The van der Waals surface area contributed by atoms with Crippen LogP contribution in [0.2, 0.25) is 0 Å². The molecule has 9 heteroatoms. The molecule has 1 heterocycles. The third-order valence-electron chi connectivity index (χ3n) is 4.26. The summed E-state index contributed by atoms with van der Waals surface area (Å²) in [4.78, 5) is 14.0. The molecule has 1 N–H and O–H groups in total. The van der Waals surface area contributed by atoms with Crippen LogP contribution in [0.5, 0.6) is 0 Å². The van der Waals surface area contributed by atoms with Crippen LogP contribution >= 0.6 is 0 Å². The normalized spacial score (nSPS) is 11.4. The van der Waals surface area contributed by atoms with Crippen molar-refractivity contribution in [3.8, 4) is 0 Å². The van der Waals surface area contributed by atoms with E-state index < -0.39 is 22.4 Å². The number of aromatic nitrogens is 2. The zero-order valence-electron chi connectivity index (χ0n) is 14.9. The Bertz CT molecular complexity index is 999. The van der Waals surface area contributed by atoms with Gasteiger partial charge in [0.25, 0.3) is 5.69 Å². The molecule has 0 amide bonds. The Balaban J connectivity index is 1.75. The van der Waals surface area contributed by atoms with Crippen LogP contribution in [0.3, 0.4) is 0 Å². The number of nitrogens with one attached hydrogen (secondary N) is 1. The summed E-state index contributed by atoms with van der Waals surface area (Å²) in [5.41, 5.74) is -0.168. The molecule has 0 fully saturated rings. The van der Waals surface area contributed by atoms with E-state index in [2.05, 4.69) is 10.3 Å². The van der Waals surface area contributed by atoms with Gasteiger partial charge in [-0.15, -0.1) is 0 Å². The molecule has 1 aromatic heterocycles. The fourth-order valence-electron chi connectivity index (χ4n) is 2.84. The van der Waals surface area contributed by atoms with Gasteiger partial charge in [0, 0.05) is 37.2 Å². The number of benzene rings is 2. The molecule has 0 radical (unpaired) electrons. The number of hydrogen-bond donors (Lipinski definition) is 1. The van der Waals surface area contributed by atoms with Gasteiger partial charge < -0.3 is 9.88 Å². The summed E-state index contributed by atoms with van der Waals surface area (Å²) in [5.74, 6) is 0.883. The maximum Gasteiger partial charge on any atom is 0.423 e. The van der Waals surface area contributed by atoms with Crippen molar-refractivity contribution in [1.82, 2.24) is 9.55 Å². The van der Waals surface area contributed by atoms with E-state index in [0.717, 1.165) is 29.1 Å². The minimum atomic E-state index is -4.80. The van der Waals surface area contributed by atoms with E-state index >= 15 is 0 Å². The average Bonchev–Trinajstić information content (AvgIpc) is 3.04. The zero-order valence-corrected chi connectivity index (χ0v) is 14.9. The lowest BCUT2D eigenvalue weighted by Crippen LogP contribution is -2.10. The topological polar surface area (TPSA) is 73.0 Å². The van der Waals surface area contributed by atoms with Crippen molar-refractivity contribution in [2.75, 3.05) is 5.32 Å². The first-order valence-electron chi connectivity index (χ1n) is 8.39. The summed E-state index contributed by atoms with van der Waals surface area (Å²) in [6.45, 7) is 2.82. The number of anilines is 1. The molecule has 6 nitrogen and oxygen atoms in total. The molecule has 0 aliphatic carbocycles. The van der Waals surface area contributed by atoms with Gasteiger partial charge in [0.1, 0.15) is 11.4 Å². The number of alkyl halides is 3. The molecule has 0 spiro atoms. The molecule has 0 saturated carbocycles. The Labute approximate surface area is 158 Å². The largest absolute Gasteiger partial charge is 0.423 e. The van der Waals surface area contributed by atoms with Crippen molar-refractivity contribution in [1.29, 1.82) is 0 Å². The van der Waals surface area contributed by atoms with Crippen LogP contribution < -0.4 is 5.32 Å². The predicted molar refractivity (Wildman–Crippen MR) is 97.9 cm³/mol. The first-order valence-corrected chi connectivity index (χ1v) is 8.39. The Kier molecular flexibility index (Phi) is 5.34. The van der Waals surface area contributed by atoms with E-state index in [9.17, 15) is 23.3 Å². The van der Waals surface area contributed by atoms with Crippen molar-refractivity contribution in [2.24, 2.45) is 0 Å². The van der Waals surface area contributed by atoms with E-state index in [-0.39, 0.29) is 12.2 Å². The van der Waals surface area contributed by atoms with Crippen LogP contribution in [0, 0.1) is 17.0 Å². The van der Waals surface area contributed by atoms with E-state index in [1.54, 1.807) is 6.20 Å². The zero-order chi connectivity index (χ0) is 20.3. The minimum absolute atomic E-state index is 0.161. The highest BCUT2D eigenvalue weighted by Crippen LogP contribution is 2.37. The Morgan fingerprint density at radius 3 is 2.57 bits per heavy atom. The lowest BCUT2D eigenvalue weighted by atomic mass is 10.1. The number of nitro groups is 1. The number of nitro benzene ring substituents is 1. The van der Waals surface area contributed by atoms with E-state index in [0.29, 0.717) is 6.54 Å². The Morgan fingerprint density at radius 2 is 1.93 bits per heavy atom. The highest BCUT2D eigenvalue weighted by molar-refractivity contribution is 5.55. The van der Waals surface area contributed by atoms with Gasteiger partial charge in [-0.05, 0) is 30.2 Å². The van der Waals surface area contributed by atoms with Crippen molar-refractivity contribution in [3.63, 3.8) is 0 Å². The van der Waals surface area contributed by atoms with Gasteiger partial charge in [0.2, 0.25) is 0 Å². The van der Waals surface area contributed by atoms with E-state index in [1.165, 1.54) is 6.07 Å². The van der Waals surface area contributed by atoms with Crippen LogP contribution in [-0.4, -0.2) is 14.5 Å². The maximum absolute atomic E-state index is 13.1. The molecule has 0 saturated heterocycles. The molecule has 28 heavy (non-hydrogen) atoms. The molecule has 0 bridgehead atoms. The van der Waals surface area contributed by atoms with E-state index in [4.69, 9.17) is 0 Å². The average molecular weight is 390 g/mol. The quantitative estimate of drug-likeness (QED) is 0.486. The standard InChI is InChI=1S/C19H17F3N4O2/c1-13-23-7-8-25(13)12-15-4-2-3-14(9-15)11-24-16-5-6-18(26(27)28)17(10-16)19(20,21)22/h2-10,24H,11-12H2,1H3. The molecule has 0 aliphatic heterocycles. The monoisotopic (exact) mass is 390 g/mol. The lowest BCUT2D eigenvalue weighted by molar-refractivity contribution is -0.388. The summed E-state index contributed by atoms with van der Waals surface area (Å²) in [5, 5.41) is 13.7. The number of halogens is 3. The number of imidazole rings is 1. The summed E-state index contributed by atoms with van der Waals surface area (Å²) >= 11 is 0. The second-order valence-corrected chi connectivity index (χ2v) is 6.26. The van der Waals surface area contributed by atoms with Crippen molar-refractivity contribution >= 4 is 11.4 Å². The predicted octanol–water partition coefficient (Wildman–Crippen LogP) is 4.78. The van der Waals surface area contributed by atoms with Gasteiger partial charge in [0.15, 0.2) is 0 Å². The van der Waals surface area contributed by atoms with Gasteiger partial charge in [-0.25, -0.2) is 4.98 Å². The number of rotatable bonds is 6. The fourth-order valence-corrected chi connectivity index (χ4v) is 2.84. The smallest absolute Gasteiger partial charge is 0.381 e. The third-order valence-corrected chi connectivity index (χ3v) is 4.26. The number of hydrogen-bond acceptors (Lipinski definition) is 4. The van der Waals surface area contributed by atoms with Crippen LogP contribution in [0.15, 0.2) is 54.9 Å². The van der Waals surface area contributed by atoms with Crippen LogP contribution in [-0.2, 0) is 19.3 Å². The van der Waals surface area contributed by atoms with Crippen LogP contribution in [0.25, 0.3) is 0 Å². The maximum atomic E-state index is 13.1. The summed E-state index contributed by atoms with van der Waals surface area (Å²) < 4.78 is 41.2. The fraction of sp³-hybridized carbons (Fsp3) is 0.211. The van der Waals surface area contributed by atoms with Gasteiger partial charge in [-0.1, -0.05) is 24.3 Å². The van der Waals surface area contributed by atoms with Crippen molar-refractivity contribution in [3.05, 3.63) is 87.5 Å². The second kappa shape index (κ2) is 7.71. The van der Waals surface area contributed by atoms with Gasteiger partial charge in [-0.3, -0.25) is 10.1 Å². The molecular weight excluding hydrogens is 373 g/mol. The van der Waals surface area contributed by atoms with Crippen LogP contribution in [0.1, 0.15) is 22.5 Å². The SMILES string of the molecule is Cc1nccn1Cc1cccc(CNc2ccc([N+](=O)[O-])c(C(F)(F)F)c2)c1. The molecule has 146 valence electrons. The first-order chi connectivity index (χ1) is 13.2. The Morgan fingerprint density at radius 1 is 1.18 bits per heavy atom. The van der Waals surface area contributed by atoms with Crippen molar-refractivity contribution in [2.45, 2.75) is 26.2 Å². The minimum Gasteiger partial charge on any atom is -0.381 e. The highest BCUT2D eigenvalue weighted by Gasteiger charge is 2.38. The first kappa shape index (κ1) is 19.4. The molecule has 3 aromatic rings. The highest BCUT2D eigenvalue weighted by atomic mass is 19.4. The number of aryl methyl sites for hydroxylation is 1. The molecular formula is C19H17F3N4O2. The summed E-state index contributed by atoms with van der Waals surface area (Å²) in [6.07, 6.45) is -1.22. The molecule has 0 aliphatic rings. The van der Waals surface area contributed by atoms with Crippen molar-refractivity contribution < 1.29 is 18.1 Å². The Hall–Kier alpha value is -3.36. The van der Waals surface area contributed by atoms with E-state index in [1.807, 2.05) is 42.0 Å². The third kappa shape index (κ3) is 4.48. The molecule has 0 atom stereocenters. The lowest BCUT2D eigenvalue weighted by Gasteiger charge is -2.12. The number of nitrogens with zero attached hydrogens (tertiary/aromatic N) is 3. The second-order valence-electron chi connectivity index (χ2n) is 6.26. The van der Waals surface area contributed by atoms with Gasteiger partial charge in [0.05, 0.1) is 4.92 Å². The van der Waals surface area contributed by atoms with Gasteiger partial charge >= 0.3 is 6.18 Å². The van der Waals surface area contributed by atoms with Gasteiger partial charge in [-0.2, -0.15) is 13.2 Å². The molecule has 3 rings (SSSR count). The molecule has 0 unspecified atom stereocenters. The molecule has 2 aromatic carbocycles. The van der Waals surface area contributed by atoms with Crippen LogP contribution in [0.4, 0.5) is 24.5 Å².